The molecule has 0 saturated heterocycles. The first kappa shape index (κ1) is 21.8. The maximum absolute atomic E-state index is 13.2. The van der Waals surface area contributed by atoms with Gasteiger partial charge in [0.1, 0.15) is 5.76 Å². The van der Waals surface area contributed by atoms with E-state index in [1.165, 1.54) is 17.0 Å². The van der Waals surface area contributed by atoms with Gasteiger partial charge in [-0.3, -0.25) is 4.79 Å². The predicted octanol–water partition coefficient (Wildman–Crippen LogP) is 3.92. The molecule has 9 heteroatoms. The zero-order valence-electron chi connectivity index (χ0n) is 18.7. The molecule has 0 N–H and O–H groups in total. The van der Waals surface area contributed by atoms with Crippen LogP contribution < -0.4 is 0 Å². The van der Waals surface area contributed by atoms with Crippen molar-refractivity contribution in [3.63, 3.8) is 0 Å². The summed E-state index contributed by atoms with van der Waals surface area (Å²) in [4.78, 5) is 28.1. The number of furan rings is 1. The summed E-state index contributed by atoms with van der Waals surface area (Å²) in [7, 11) is 0. The second-order valence-corrected chi connectivity index (χ2v) is 8.34. The molecule has 0 atom stereocenters. The quantitative estimate of drug-likeness (QED) is 0.371. The van der Waals surface area contributed by atoms with Gasteiger partial charge in [-0.05, 0) is 61.1 Å². The first-order valence-corrected chi connectivity index (χ1v) is 11.5. The maximum Gasteiger partial charge on any atom is 0.357 e. The molecule has 2 aromatic heterocycles. The maximum atomic E-state index is 13.2. The van der Waals surface area contributed by atoms with E-state index in [2.05, 4.69) is 21.6 Å². The van der Waals surface area contributed by atoms with E-state index in [0.29, 0.717) is 11.6 Å². The lowest BCUT2D eigenvalue weighted by molar-refractivity contribution is -0.147. The Kier molecular flexibility index (Phi) is 6.33. The van der Waals surface area contributed by atoms with Gasteiger partial charge in [-0.15, -0.1) is 5.10 Å². The first-order valence-electron chi connectivity index (χ1n) is 11.5. The number of tetrazole rings is 1. The number of nitrogens with zero attached hydrogens (tertiary/aromatic N) is 5. The topological polar surface area (TPSA) is 103 Å². The van der Waals surface area contributed by atoms with Crippen LogP contribution in [0.5, 0.6) is 0 Å². The van der Waals surface area contributed by atoms with Gasteiger partial charge in [0.15, 0.2) is 18.1 Å². The van der Waals surface area contributed by atoms with Gasteiger partial charge >= 0.3 is 5.97 Å². The highest BCUT2D eigenvalue weighted by atomic mass is 16.5. The number of benzene rings is 1. The summed E-state index contributed by atoms with van der Waals surface area (Å²) in [5, 5.41) is 11.8. The van der Waals surface area contributed by atoms with Crippen LogP contribution in [0.25, 0.3) is 23.2 Å². The molecule has 3 aromatic rings. The number of hydrogen-bond donors (Lipinski definition) is 0. The van der Waals surface area contributed by atoms with Crippen LogP contribution in [0, 0.1) is 0 Å². The summed E-state index contributed by atoms with van der Waals surface area (Å²) in [6, 6.07) is 12.9. The van der Waals surface area contributed by atoms with Gasteiger partial charge in [-0.25, -0.2) is 4.79 Å². The molecule has 1 amide bonds. The van der Waals surface area contributed by atoms with E-state index < -0.39 is 5.97 Å². The van der Waals surface area contributed by atoms with Gasteiger partial charge < -0.3 is 14.1 Å². The summed E-state index contributed by atoms with van der Waals surface area (Å²) < 4.78 is 12.2. The number of aromatic nitrogens is 4. The highest BCUT2D eigenvalue weighted by Gasteiger charge is 2.35. The Morgan fingerprint density at radius 3 is 2.71 bits per heavy atom. The van der Waals surface area contributed by atoms with Gasteiger partial charge in [0.05, 0.1) is 6.26 Å². The number of carbonyl (C=O) groups excluding carboxylic acids is 2. The molecule has 5 rings (SSSR count). The lowest BCUT2D eigenvalue weighted by Gasteiger charge is -2.27. The normalized spacial score (nSPS) is 16.1. The minimum atomic E-state index is -0.720. The van der Waals surface area contributed by atoms with Crippen molar-refractivity contribution in [1.82, 2.24) is 25.1 Å². The second kappa shape index (κ2) is 9.86. The lowest BCUT2D eigenvalue weighted by Crippen LogP contribution is -2.36. The van der Waals surface area contributed by atoms with E-state index in [1.807, 2.05) is 35.2 Å². The second-order valence-electron chi connectivity index (χ2n) is 8.34. The van der Waals surface area contributed by atoms with E-state index in [4.69, 9.17) is 9.15 Å². The molecule has 1 fully saturated rings. The monoisotopic (exact) mass is 459 g/mol. The van der Waals surface area contributed by atoms with E-state index >= 15 is 0 Å². The van der Waals surface area contributed by atoms with Gasteiger partial charge in [0, 0.05) is 23.4 Å². The van der Waals surface area contributed by atoms with Gasteiger partial charge in [0.25, 0.3) is 5.91 Å². The van der Waals surface area contributed by atoms with Crippen molar-refractivity contribution in [3.05, 3.63) is 66.3 Å². The molecular formula is C25H25N5O4. The standard InChI is InChI=1S/C25H25N5O4/c31-23(29(20-13-14-20)19-10-5-2-6-11-19)17-34-25(32)22(16-21-12-7-15-33-21)30-24(26-27-28-30)18-8-3-1-4-9-18/h1,3-4,7-10,12,15-16,20H,2,5-6,11,13-14,17H2/b22-16-. The van der Waals surface area contributed by atoms with Crippen molar-refractivity contribution in [2.24, 2.45) is 0 Å². The molecule has 34 heavy (non-hydrogen) atoms. The molecule has 9 nitrogen and oxygen atoms in total. The third kappa shape index (κ3) is 4.83. The zero-order valence-corrected chi connectivity index (χ0v) is 18.7. The molecule has 0 bridgehead atoms. The molecule has 2 heterocycles. The van der Waals surface area contributed by atoms with Crippen molar-refractivity contribution < 1.29 is 18.7 Å². The third-order valence-electron chi connectivity index (χ3n) is 5.84. The number of hydrogen-bond acceptors (Lipinski definition) is 7. The van der Waals surface area contributed by atoms with Crippen LogP contribution in [0.3, 0.4) is 0 Å². The Balaban J connectivity index is 1.38. The van der Waals surface area contributed by atoms with Gasteiger partial charge in [0.2, 0.25) is 0 Å². The molecule has 1 saturated carbocycles. The molecule has 2 aliphatic carbocycles. The van der Waals surface area contributed by atoms with Crippen LogP contribution in [-0.4, -0.2) is 49.6 Å². The number of rotatable bonds is 8. The smallest absolute Gasteiger partial charge is 0.357 e. The van der Waals surface area contributed by atoms with E-state index in [-0.39, 0.29) is 24.3 Å². The summed E-state index contributed by atoms with van der Waals surface area (Å²) in [5.41, 5.74) is 1.82. The number of amides is 1. The number of esters is 1. The Bertz CT molecular complexity index is 1210. The van der Waals surface area contributed by atoms with E-state index in [9.17, 15) is 9.59 Å². The van der Waals surface area contributed by atoms with Crippen LogP contribution in [0.1, 0.15) is 44.3 Å². The van der Waals surface area contributed by atoms with E-state index in [1.54, 1.807) is 12.1 Å². The van der Waals surface area contributed by atoms with E-state index in [0.717, 1.165) is 49.8 Å². The van der Waals surface area contributed by atoms with Crippen molar-refractivity contribution >= 4 is 23.6 Å². The third-order valence-corrected chi connectivity index (χ3v) is 5.84. The fourth-order valence-electron chi connectivity index (χ4n) is 4.07. The fraction of sp³-hybridized carbons (Fsp3) is 0.320. The lowest BCUT2D eigenvalue weighted by atomic mass is 10.0. The van der Waals surface area contributed by atoms with Crippen molar-refractivity contribution in [2.75, 3.05) is 6.61 Å². The Morgan fingerprint density at radius 2 is 2.00 bits per heavy atom. The minimum absolute atomic E-state index is 0.0430. The Labute approximate surface area is 196 Å². The first-order chi connectivity index (χ1) is 16.7. The molecule has 0 unspecified atom stereocenters. The number of carbonyl (C=O) groups is 2. The van der Waals surface area contributed by atoms with Crippen LogP contribution in [-0.2, 0) is 14.3 Å². The Morgan fingerprint density at radius 1 is 1.15 bits per heavy atom. The van der Waals surface area contributed by atoms with Crippen molar-refractivity contribution in [2.45, 2.75) is 44.6 Å². The van der Waals surface area contributed by atoms with Crippen molar-refractivity contribution in [3.8, 4) is 11.4 Å². The largest absolute Gasteiger partial charge is 0.465 e. The molecule has 2 aliphatic rings. The minimum Gasteiger partial charge on any atom is -0.465 e. The van der Waals surface area contributed by atoms with Crippen LogP contribution in [0.15, 0.2) is 64.9 Å². The highest BCUT2D eigenvalue weighted by molar-refractivity contribution is 6.15. The summed E-state index contributed by atoms with van der Waals surface area (Å²) >= 11 is 0. The summed E-state index contributed by atoms with van der Waals surface area (Å²) in [5.74, 6) is -0.127. The highest BCUT2D eigenvalue weighted by Crippen LogP contribution is 2.34. The van der Waals surface area contributed by atoms with Crippen LogP contribution in [0.4, 0.5) is 0 Å². The summed E-state index contributed by atoms with van der Waals surface area (Å²) in [6.45, 7) is -0.356. The molecule has 0 spiro atoms. The summed E-state index contributed by atoms with van der Waals surface area (Å²) in [6.07, 6.45) is 11.2. The molecule has 1 aromatic carbocycles. The van der Waals surface area contributed by atoms with Crippen molar-refractivity contribution in [1.29, 1.82) is 0 Å². The van der Waals surface area contributed by atoms with Crippen LogP contribution >= 0.6 is 0 Å². The zero-order chi connectivity index (χ0) is 23.3. The van der Waals surface area contributed by atoms with Crippen LogP contribution in [0.2, 0.25) is 0 Å². The number of allylic oxidation sites excluding steroid dienone is 2. The molecule has 0 aliphatic heterocycles. The predicted molar refractivity (Wildman–Crippen MR) is 124 cm³/mol. The molecule has 0 radical (unpaired) electrons. The SMILES string of the molecule is O=C(OCC(=O)N(C1=CCCCC1)C1CC1)/C(=C/c1ccco1)n1nnnc1-c1ccccc1. The van der Waals surface area contributed by atoms with Gasteiger partial charge in [-0.1, -0.05) is 36.4 Å². The fourth-order valence-corrected chi connectivity index (χ4v) is 4.07. The average Bonchev–Trinajstić information content (AvgIpc) is 3.34. The number of ether oxygens (including phenoxy) is 1. The average molecular weight is 460 g/mol. The Hall–Kier alpha value is -4.01. The molecular weight excluding hydrogens is 434 g/mol. The van der Waals surface area contributed by atoms with Gasteiger partial charge in [-0.2, -0.15) is 4.68 Å². The molecule has 174 valence electrons.